The molecule has 0 fully saturated rings. The van der Waals surface area contributed by atoms with E-state index in [2.05, 4.69) is 10.1 Å². The van der Waals surface area contributed by atoms with Crippen molar-refractivity contribution in [2.45, 2.75) is 13.3 Å². The second kappa shape index (κ2) is 4.94. The van der Waals surface area contributed by atoms with Crippen molar-refractivity contribution in [2.24, 2.45) is 0 Å². The van der Waals surface area contributed by atoms with Crippen LogP contribution in [-0.4, -0.2) is 23.3 Å². The number of aromatic carboxylic acids is 1. The first-order valence-electron chi connectivity index (χ1n) is 4.60. The van der Waals surface area contributed by atoms with Gasteiger partial charge in [-0.05, 0) is 18.2 Å². The molecule has 0 spiro atoms. The molecular formula is C10H8F3NO4. The van der Waals surface area contributed by atoms with Crippen LogP contribution in [0.4, 0.5) is 18.9 Å². The fourth-order valence-corrected chi connectivity index (χ4v) is 1.20. The van der Waals surface area contributed by atoms with Gasteiger partial charge in [0.1, 0.15) is 5.75 Å². The fourth-order valence-electron chi connectivity index (χ4n) is 1.20. The van der Waals surface area contributed by atoms with Gasteiger partial charge < -0.3 is 15.2 Å². The Kier molecular flexibility index (Phi) is 3.79. The summed E-state index contributed by atoms with van der Waals surface area (Å²) >= 11 is 0. The molecule has 8 heteroatoms. The van der Waals surface area contributed by atoms with Crippen molar-refractivity contribution in [2.75, 3.05) is 5.32 Å². The molecule has 1 amide bonds. The highest BCUT2D eigenvalue weighted by molar-refractivity contribution is 6.00. The molecule has 0 saturated carbocycles. The summed E-state index contributed by atoms with van der Waals surface area (Å²) < 4.78 is 39.4. The molecule has 1 aromatic rings. The predicted octanol–water partition coefficient (Wildman–Crippen LogP) is 2.24. The van der Waals surface area contributed by atoms with E-state index in [1.54, 1.807) is 0 Å². The van der Waals surface area contributed by atoms with Gasteiger partial charge in [0.2, 0.25) is 5.91 Å². The summed E-state index contributed by atoms with van der Waals surface area (Å²) in [7, 11) is 0. The molecule has 0 aliphatic heterocycles. The summed E-state index contributed by atoms with van der Waals surface area (Å²) in [5, 5.41) is 11.0. The molecule has 1 aromatic carbocycles. The number of carboxylic acid groups (broad SMARTS) is 1. The topological polar surface area (TPSA) is 75.6 Å². The van der Waals surface area contributed by atoms with Crippen molar-refractivity contribution in [3.05, 3.63) is 23.8 Å². The van der Waals surface area contributed by atoms with Crippen molar-refractivity contribution in [1.82, 2.24) is 0 Å². The second-order valence-corrected chi connectivity index (χ2v) is 3.24. The summed E-state index contributed by atoms with van der Waals surface area (Å²) in [6.45, 7) is 1.14. The largest absolute Gasteiger partial charge is 0.573 e. The first-order valence-corrected chi connectivity index (χ1v) is 4.60. The van der Waals surface area contributed by atoms with Crippen LogP contribution < -0.4 is 10.1 Å². The minimum absolute atomic E-state index is 0.107. The molecule has 0 radical (unpaired) electrons. The Morgan fingerprint density at radius 1 is 1.33 bits per heavy atom. The van der Waals surface area contributed by atoms with Crippen LogP contribution in [0, 0.1) is 0 Å². The molecule has 0 bridgehead atoms. The Hall–Kier alpha value is -2.25. The first kappa shape index (κ1) is 13.8. The maximum absolute atomic E-state index is 11.9. The lowest BCUT2D eigenvalue weighted by atomic mass is 10.1. The van der Waals surface area contributed by atoms with Crippen LogP contribution in [0.3, 0.4) is 0 Å². The highest BCUT2D eigenvalue weighted by Gasteiger charge is 2.31. The lowest BCUT2D eigenvalue weighted by Crippen LogP contribution is -2.18. The van der Waals surface area contributed by atoms with Crippen LogP contribution in [0.5, 0.6) is 5.75 Å². The minimum atomic E-state index is -4.91. The number of halogens is 3. The third kappa shape index (κ3) is 3.96. The number of hydrogen-bond acceptors (Lipinski definition) is 3. The van der Waals surface area contributed by atoms with E-state index >= 15 is 0 Å². The number of carboxylic acids is 1. The summed E-state index contributed by atoms with van der Waals surface area (Å²) in [5.41, 5.74) is -0.600. The van der Waals surface area contributed by atoms with E-state index in [9.17, 15) is 22.8 Å². The number of alkyl halides is 3. The van der Waals surface area contributed by atoms with Gasteiger partial charge in [0.25, 0.3) is 0 Å². The standard InChI is InChI=1S/C10H8F3NO4/c1-5(15)14-8-3-2-6(18-10(11,12)13)4-7(8)9(16)17/h2-4H,1H3,(H,14,15)(H,16,17). The molecule has 1 rings (SSSR count). The van der Waals surface area contributed by atoms with Crippen LogP contribution in [-0.2, 0) is 4.79 Å². The molecule has 98 valence electrons. The number of nitrogens with one attached hydrogen (secondary N) is 1. The molecule has 5 nitrogen and oxygen atoms in total. The lowest BCUT2D eigenvalue weighted by Gasteiger charge is -2.11. The van der Waals surface area contributed by atoms with Gasteiger partial charge in [0, 0.05) is 6.92 Å². The van der Waals surface area contributed by atoms with Gasteiger partial charge >= 0.3 is 12.3 Å². The van der Waals surface area contributed by atoms with Gasteiger partial charge in [-0.1, -0.05) is 0 Å². The van der Waals surface area contributed by atoms with Crippen molar-refractivity contribution in [1.29, 1.82) is 0 Å². The molecular weight excluding hydrogens is 255 g/mol. The highest BCUT2D eigenvalue weighted by atomic mass is 19.4. The number of amides is 1. The Morgan fingerprint density at radius 2 is 1.94 bits per heavy atom. The van der Waals surface area contributed by atoms with Crippen molar-refractivity contribution in [3.63, 3.8) is 0 Å². The second-order valence-electron chi connectivity index (χ2n) is 3.24. The zero-order valence-corrected chi connectivity index (χ0v) is 9.04. The number of benzene rings is 1. The number of rotatable bonds is 3. The molecule has 0 saturated heterocycles. The van der Waals surface area contributed by atoms with Gasteiger partial charge in [-0.3, -0.25) is 4.79 Å². The molecule has 0 aromatic heterocycles. The first-order chi connectivity index (χ1) is 8.19. The molecule has 0 aliphatic rings. The van der Waals surface area contributed by atoms with E-state index < -0.39 is 29.6 Å². The van der Waals surface area contributed by atoms with Crippen molar-refractivity contribution in [3.8, 4) is 5.75 Å². The summed E-state index contributed by atoms with van der Waals surface area (Å²) in [5.74, 6) is -2.69. The van der Waals surface area contributed by atoms with E-state index in [0.29, 0.717) is 6.07 Å². The molecule has 0 aliphatic carbocycles. The monoisotopic (exact) mass is 263 g/mol. The fraction of sp³-hybridized carbons (Fsp3) is 0.200. The average molecular weight is 263 g/mol. The van der Waals surface area contributed by atoms with Crippen LogP contribution in [0.1, 0.15) is 17.3 Å². The zero-order chi connectivity index (χ0) is 13.9. The van der Waals surface area contributed by atoms with Crippen molar-refractivity contribution < 1.29 is 32.6 Å². The van der Waals surface area contributed by atoms with Gasteiger partial charge in [0.05, 0.1) is 11.3 Å². The third-order valence-electron chi connectivity index (χ3n) is 1.77. The van der Waals surface area contributed by atoms with Crippen molar-refractivity contribution >= 4 is 17.6 Å². The summed E-state index contributed by atoms with van der Waals surface area (Å²) in [4.78, 5) is 21.6. The molecule has 0 heterocycles. The maximum Gasteiger partial charge on any atom is 0.573 e. The van der Waals surface area contributed by atoms with E-state index in [1.165, 1.54) is 0 Å². The zero-order valence-electron chi connectivity index (χ0n) is 9.04. The van der Waals surface area contributed by atoms with Gasteiger partial charge in [0.15, 0.2) is 0 Å². The SMILES string of the molecule is CC(=O)Nc1ccc(OC(F)(F)F)cc1C(=O)O. The number of ether oxygens (including phenoxy) is 1. The summed E-state index contributed by atoms with van der Waals surface area (Å²) in [6.07, 6.45) is -4.91. The third-order valence-corrected chi connectivity index (χ3v) is 1.77. The molecule has 2 N–H and O–H groups in total. The molecule has 0 unspecified atom stereocenters. The maximum atomic E-state index is 11.9. The Bertz CT molecular complexity index is 485. The van der Waals surface area contributed by atoms with Gasteiger partial charge in [-0.2, -0.15) is 0 Å². The minimum Gasteiger partial charge on any atom is -0.478 e. The van der Waals surface area contributed by atoms with E-state index in [0.717, 1.165) is 19.1 Å². The quantitative estimate of drug-likeness (QED) is 0.876. The van der Waals surface area contributed by atoms with E-state index in [1.807, 2.05) is 0 Å². The average Bonchev–Trinajstić information content (AvgIpc) is 2.17. The Morgan fingerprint density at radius 3 is 2.39 bits per heavy atom. The van der Waals surface area contributed by atoms with Gasteiger partial charge in [-0.15, -0.1) is 13.2 Å². The smallest absolute Gasteiger partial charge is 0.478 e. The number of anilines is 1. The van der Waals surface area contributed by atoms with Gasteiger partial charge in [-0.25, -0.2) is 4.79 Å². The number of carbonyl (C=O) groups excluding carboxylic acids is 1. The molecule has 18 heavy (non-hydrogen) atoms. The van der Waals surface area contributed by atoms with Crippen LogP contribution in [0.15, 0.2) is 18.2 Å². The summed E-state index contributed by atoms with van der Waals surface area (Å²) in [6, 6.07) is 2.61. The van der Waals surface area contributed by atoms with Crippen LogP contribution >= 0.6 is 0 Å². The van der Waals surface area contributed by atoms with E-state index in [-0.39, 0.29) is 5.69 Å². The molecule has 0 atom stereocenters. The lowest BCUT2D eigenvalue weighted by molar-refractivity contribution is -0.274. The number of carbonyl (C=O) groups is 2. The number of hydrogen-bond donors (Lipinski definition) is 2. The normalized spacial score (nSPS) is 10.9. The highest BCUT2D eigenvalue weighted by Crippen LogP contribution is 2.27. The van der Waals surface area contributed by atoms with Crippen LogP contribution in [0.25, 0.3) is 0 Å². The predicted molar refractivity (Wildman–Crippen MR) is 54.4 cm³/mol. The Balaban J connectivity index is 3.11. The van der Waals surface area contributed by atoms with Crippen LogP contribution in [0.2, 0.25) is 0 Å². The van der Waals surface area contributed by atoms with E-state index in [4.69, 9.17) is 5.11 Å². The Labute approximate surface area is 99.2 Å².